The third-order valence-electron chi connectivity index (χ3n) is 2.93. The molecular weight excluding hydrogens is 278 g/mol. The molecule has 9 nitrogen and oxygen atoms in total. The summed E-state index contributed by atoms with van der Waals surface area (Å²) < 4.78 is 6.54. The van der Waals surface area contributed by atoms with Crippen LogP contribution < -0.4 is 10.6 Å². The largest absolute Gasteiger partial charge is 0.480 e. The van der Waals surface area contributed by atoms with Crippen molar-refractivity contribution in [3.8, 4) is 0 Å². The first-order valence-corrected chi connectivity index (χ1v) is 6.58. The number of urea groups is 1. The van der Waals surface area contributed by atoms with Crippen LogP contribution in [0.3, 0.4) is 0 Å². The molecule has 0 fully saturated rings. The Morgan fingerprint density at radius 2 is 2.19 bits per heavy atom. The molecule has 0 bridgehead atoms. The van der Waals surface area contributed by atoms with Gasteiger partial charge in [0.25, 0.3) is 0 Å². The number of carboxylic acid groups (broad SMARTS) is 1. The molecule has 0 aliphatic carbocycles. The van der Waals surface area contributed by atoms with Crippen molar-refractivity contribution in [1.82, 2.24) is 25.4 Å². The van der Waals surface area contributed by atoms with Crippen LogP contribution in [0.5, 0.6) is 0 Å². The Morgan fingerprint density at radius 1 is 1.48 bits per heavy atom. The van der Waals surface area contributed by atoms with Crippen LogP contribution in [0.25, 0.3) is 0 Å². The van der Waals surface area contributed by atoms with Crippen molar-refractivity contribution in [2.24, 2.45) is 7.05 Å². The van der Waals surface area contributed by atoms with Crippen LogP contribution in [-0.4, -0.2) is 51.6 Å². The van der Waals surface area contributed by atoms with Gasteiger partial charge in [-0.1, -0.05) is 0 Å². The van der Waals surface area contributed by atoms with Gasteiger partial charge in [-0.2, -0.15) is 0 Å². The minimum atomic E-state index is -1.08. The minimum Gasteiger partial charge on any atom is -0.480 e. The smallest absolute Gasteiger partial charge is 0.326 e. The van der Waals surface area contributed by atoms with Gasteiger partial charge in [0.05, 0.1) is 6.04 Å². The Bertz CT molecular complexity index is 476. The Hall–Kier alpha value is -2.16. The second-order valence-corrected chi connectivity index (χ2v) is 4.67. The maximum Gasteiger partial charge on any atom is 0.326 e. The van der Waals surface area contributed by atoms with Gasteiger partial charge in [0.15, 0.2) is 5.82 Å². The first-order chi connectivity index (χ1) is 9.95. The number of methoxy groups -OCH3 is 1. The molecular formula is C12H21N5O4. The van der Waals surface area contributed by atoms with E-state index in [4.69, 9.17) is 9.84 Å². The Balaban J connectivity index is 2.50. The number of nitrogens with one attached hydrogen (secondary N) is 2. The summed E-state index contributed by atoms with van der Waals surface area (Å²) in [5, 5.41) is 21.7. The van der Waals surface area contributed by atoms with Crippen molar-refractivity contribution in [2.45, 2.75) is 31.8 Å². The molecule has 0 radical (unpaired) electrons. The standard InChI is InChI=1S/C12H21N5O4/c1-8(10-16-13-7-17(10)2)14-12(20)15-9(11(18)19)5-4-6-21-3/h7-9H,4-6H2,1-3H3,(H,18,19)(H2,14,15,20). The molecule has 1 rings (SSSR count). The molecule has 0 spiro atoms. The van der Waals surface area contributed by atoms with Gasteiger partial charge >= 0.3 is 12.0 Å². The SMILES string of the molecule is COCCCC(NC(=O)NC(C)c1nncn1C)C(=O)O. The number of carbonyl (C=O) groups is 2. The van der Waals surface area contributed by atoms with Gasteiger partial charge in [-0.05, 0) is 19.8 Å². The van der Waals surface area contributed by atoms with Crippen LogP contribution in [0.4, 0.5) is 4.79 Å². The number of aryl methyl sites for hydroxylation is 1. The number of aromatic nitrogens is 3. The van der Waals surface area contributed by atoms with Crippen molar-refractivity contribution < 1.29 is 19.4 Å². The van der Waals surface area contributed by atoms with Crippen molar-refractivity contribution in [3.05, 3.63) is 12.2 Å². The Morgan fingerprint density at radius 3 is 2.71 bits per heavy atom. The molecule has 2 amide bonds. The summed E-state index contributed by atoms with van der Waals surface area (Å²) in [6.07, 6.45) is 2.37. The summed E-state index contributed by atoms with van der Waals surface area (Å²) in [5.74, 6) is -0.496. The van der Waals surface area contributed by atoms with Gasteiger partial charge in [0.1, 0.15) is 12.4 Å². The summed E-state index contributed by atoms with van der Waals surface area (Å²) in [7, 11) is 3.30. The molecule has 2 unspecified atom stereocenters. The number of nitrogens with zero attached hydrogens (tertiary/aromatic N) is 3. The van der Waals surface area contributed by atoms with Gasteiger partial charge in [0, 0.05) is 20.8 Å². The van der Waals surface area contributed by atoms with E-state index in [2.05, 4.69) is 20.8 Å². The third-order valence-corrected chi connectivity index (χ3v) is 2.93. The maximum atomic E-state index is 11.8. The highest BCUT2D eigenvalue weighted by Crippen LogP contribution is 2.07. The van der Waals surface area contributed by atoms with Crippen LogP contribution in [0.1, 0.15) is 31.6 Å². The number of carbonyl (C=O) groups excluding carboxylic acids is 1. The normalized spacial score (nSPS) is 13.5. The molecule has 0 saturated heterocycles. The van der Waals surface area contributed by atoms with Gasteiger partial charge in [0.2, 0.25) is 0 Å². The lowest BCUT2D eigenvalue weighted by molar-refractivity contribution is -0.139. The molecule has 3 N–H and O–H groups in total. The summed E-state index contributed by atoms with van der Waals surface area (Å²) >= 11 is 0. The molecule has 0 saturated carbocycles. The average molecular weight is 299 g/mol. The Labute approximate surface area is 122 Å². The topological polar surface area (TPSA) is 118 Å². The van der Waals surface area contributed by atoms with E-state index in [0.717, 1.165) is 0 Å². The summed E-state index contributed by atoms with van der Waals surface area (Å²) in [6, 6.07) is -1.90. The first-order valence-electron chi connectivity index (χ1n) is 6.58. The fourth-order valence-corrected chi connectivity index (χ4v) is 1.83. The van der Waals surface area contributed by atoms with E-state index in [0.29, 0.717) is 25.3 Å². The second kappa shape index (κ2) is 8.20. The zero-order valence-corrected chi connectivity index (χ0v) is 12.4. The Kier molecular flexibility index (Phi) is 6.60. The highest BCUT2D eigenvalue weighted by Gasteiger charge is 2.21. The molecule has 0 aliphatic heterocycles. The molecule has 118 valence electrons. The third kappa shape index (κ3) is 5.38. The lowest BCUT2D eigenvalue weighted by atomic mass is 10.1. The van der Waals surface area contributed by atoms with Gasteiger partial charge < -0.3 is 25.0 Å². The van der Waals surface area contributed by atoms with E-state index in [1.807, 2.05) is 0 Å². The first kappa shape index (κ1) is 16.9. The van der Waals surface area contributed by atoms with Crippen LogP contribution in [0.2, 0.25) is 0 Å². The second-order valence-electron chi connectivity index (χ2n) is 4.67. The summed E-state index contributed by atoms with van der Waals surface area (Å²) in [6.45, 7) is 2.19. The summed E-state index contributed by atoms with van der Waals surface area (Å²) in [4.78, 5) is 22.9. The van der Waals surface area contributed by atoms with Crippen LogP contribution in [0, 0.1) is 0 Å². The van der Waals surface area contributed by atoms with Crippen molar-refractivity contribution in [2.75, 3.05) is 13.7 Å². The zero-order valence-electron chi connectivity index (χ0n) is 12.4. The monoisotopic (exact) mass is 299 g/mol. The van der Waals surface area contributed by atoms with E-state index < -0.39 is 18.0 Å². The molecule has 9 heteroatoms. The predicted octanol–water partition coefficient (Wildman–Crippen LogP) is 0.0551. The molecule has 1 heterocycles. The van der Waals surface area contributed by atoms with Crippen molar-refractivity contribution in [3.63, 3.8) is 0 Å². The van der Waals surface area contributed by atoms with Crippen molar-refractivity contribution in [1.29, 1.82) is 0 Å². The number of ether oxygens (including phenoxy) is 1. The van der Waals surface area contributed by atoms with Crippen LogP contribution in [0.15, 0.2) is 6.33 Å². The number of hydrogen-bond donors (Lipinski definition) is 3. The van der Waals surface area contributed by atoms with Gasteiger partial charge in [-0.3, -0.25) is 0 Å². The quantitative estimate of drug-likeness (QED) is 0.584. The molecule has 1 aromatic rings. The molecule has 0 aromatic carbocycles. The van der Waals surface area contributed by atoms with Gasteiger partial charge in [-0.25, -0.2) is 9.59 Å². The number of carboxylic acids is 1. The number of rotatable bonds is 8. The lowest BCUT2D eigenvalue weighted by Crippen LogP contribution is -2.46. The number of hydrogen-bond acceptors (Lipinski definition) is 5. The van der Waals surface area contributed by atoms with E-state index in [-0.39, 0.29) is 6.04 Å². The van der Waals surface area contributed by atoms with E-state index >= 15 is 0 Å². The zero-order chi connectivity index (χ0) is 15.8. The predicted molar refractivity (Wildman–Crippen MR) is 73.6 cm³/mol. The van der Waals surface area contributed by atoms with E-state index in [9.17, 15) is 9.59 Å². The highest BCUT2D eigenvalue weighted by molar-refractivity contribution is 5.82. The molecule has 2 atom stereocenters. The molecule has 21 heavy (non-hydrogen) atoms. The number of amides is 2. The fraction of sp³-hybridized carbons (Fsp3) is 0.667. The van der Waals surface area contributed by atoms with Crippen LogP contribution in [-0.2, 0) is 16.6 Å². The van der Waals surface area contributed by atoms with E-state index in [1.54, 1.807) is 25.6 Å². The molecule has 0 aliphatic rings. The van der Waals surface area contributed by atoms with Gasteiger partial charge in [-0.15, -0.1) is 10.2 Å². The fourth-order valence-electron chi connectivity index (χ4n) is 1.83. The molecule has 1 aromatic heterocycles. The average Bonchev–Trinajstić information content (AvgIpc) is 2.83. The lowest BCUT2D eigenvalue weighted by Gasteiger charge is -2.17. The maximum absolute atomic E-state index is 11.8. The van der Waals surface area contributed by atoms with Crippen LogP contribution >= 0.6 is 0 Å². The summed E-state index contributed by atoms with van der Waals surface area (Å²) in [5.41, 5.74) is 0. The highest BCUT2D eigenvalue weighted by atomic mass is 16.5. The van der Waals surface area contributed by atoms with Crippen molar-refractivity contribution >= 4 is 12.0 Å². The van der Waals surface area contributed by atoms with E-state index in [1.165, 1.54) is 6.33 Å². The minimum absolute atomic E-state index is 0.301. The number of aliphatic carboxylic acids is 1.